The van der Waals surface area contributed by atoms with Crippen LogP contribution >= 0.6 is 12.4 Å². The smallest absolute Gasteiger partial charge is 0.326 e. The van der Waals surface area contributed by atoms with Crippen LogP contribution in [0.1, 0.15) is 48.5 Å². The first-order chi connectivity index (χ1) is 20.0. The summed E-state index contributed by atoms with van der Waals surface area (Å²) in [5.74, 6) is -0.471. The van der Waals surface area contributed by atoms with Gasteiger partial charge in [-0.15, -0.1) is 12.4 Å². The number of carbonyl (C=O) groups is 3. The Labute approximate surface area is 255 Å². The minimum absolute atomic E-state index is 0. The molecule has 0 bridgehead atoms. The van der Waals surface area contributed by atoms with Gasteiger partial charge >= 0.3 is 5.97 Å². The van der Waals surface area contributed by atoms with Crippen LogP contribution in [0.4, 0.5) is 11.4 Å². The highest BCUT2D eigenvalue weighted by Gasteiger charge is 2.29. The Morgan fingerprint density at radius 3 is 2.30 bits per heavy atom. The summed E-state index contributed by atoms with van der Waals surface area (Å²) in [5.41, 5.74) is 13.0. The Morgan fingerprint density at radius 2 is 1.77 bits per heavy atom. The van der Waals surface area contributed by atoms with E-state index in [4.69, 9.17) is 16.2 Å². The fourth-order valence-electron chi connectivity index (χ4n) is 4.50. The number of benzene rings is 2. The summed E-state index contributed by atoms with van der Waals surface area (Å²) >= 11 is 0. The summed E-state index contributed by atoms with van der Waals surface area (Å²) in [6.07, 6.45) is 4.36. The van der Waals surface area contributed by atoms with E-state index in [1.807, 2.05) is 0 Å². The average molecular weight is 614 g/mol. The molecule has 230 valence electrons. The number of ether oxygens (including phenoxy) is 1. The number of carbonyl (C=O) groups excluding carboxylic acids is 2. The van der Waals surface area contributed by atoms with Crippen molar-refractivity contribution in [2.45, 2.75) is 45.1 Å². The summed E-state index contributed by atoms with van der Waals surface area (Å²) in [7, 11) is 0. The molecule has 43 heavy (non-hydrogen) atoms. The normalized spacial score (nSPS) is 16.3. The van der Waals surface area contributed by atoms with E-state index >= 15 is 0 Å². The largest absolute Gasteiger partial charge is 0.480 e. The molecule has 0 aliphatic heterocycles. The lowest BCUT2D eigenvalue weighted by atomic mass is 9.81. The SMILES string of the molecule is CC(=O)c1ccc(N)cc1.Cl.NC[C@H]1CC[C@H](C(=O)NC(Cc2cccc(Oc3ccc([N+](=O)[O-])cn3)c2)C(=O)O)CC1. The number of nitrogens with one attached hydrogen (secondary N) is 1. The van der Waals surface area contributed by atoms with Crippen molar-refractivity contribution in [2.24, 2.45) is 17.6 Å². The Kier molecular flexibility index (Phi) is 13.5. The van der Waals surface area contributed by atoms with Crippen LogP contribution in [-0.2, 0) is 16.0 Å². The number of hydrogen-bond acceptors (Lipinski definition) is 9. The van der Waals surface area contributed by atoms with Gasteiger partial charge in [0.15, 0.2) is 5.78 Å². The van der Waals surface area contributed by atoms with Crippen molar-refractivity contribution in [3.63, 3.8) is 0 Å². The van der Waals surface area contributed by atoms with E-state index in [9.17, 15) is 29.6 Å². The van der Waals surface area contributed by atoms with Gasteiger partial charge in [-0.25, -0.2) is 9.78 Å². The predicted molar refractivity (Wildman–Crippen MR) is 163 cm³/mol. The lowest BCUT2D eigenvalue weighted by molar-refractivity contribution is -0.385. The molecule has 12 nitrogen and oxygen atoms in total. The molecule has 3 aromatic rings. The molecule has 1 amide bonds. The molecule has 4 rings (SSSR count). The van der Waals surface area contributed by atoms with Crippen LogP contribution in [0, 0.1) is 22.0 Å². The molecule has 6 N–H and O–H groups in total. The highest BCUT2D eigenvalue weighted by Crippen LogP contribution is 2.28. The van der Waals surface area contributed by atoms with Crippen molar-refractivity contribution in [1.29, 1.82) is 0 Å². The van der Waals surface area contributed by atoms with Crippen LogP contribution < -0.4 is 21.5 Å². The third-order valence-electron chi connectivity index (χ3n) is 6.97. The molecule has 0 spiro atoms. The van der Waals surface area contributed by atoms with Gasteiger partial charge in [0.25, 0.3) is 5.69 Å². The lowest BCUT2D eigenvalue weighted by Crippen LogP contribution is -2.45. The number of halogens is 1. The summed E-state index contributed by atoms with van der Waals surface area (Å²) in [6, 6.07) is 15.2. The maximum Gasteiger partial charge on any atom is 0.326 e. The number of nitrogen functional groups attached to an aromatic ring is 1. The van der Waals surface area contributed by atoms with Crippen molar-refractivity contribution in [1.82, 2.24) is 10.3 Å². The molecule has 1 heterocycles. The Balaban J connectivity index is 0.000000498. The number of aliphatic carboxylic acids is 1. The molecule has 1 saturated carbocycles. The van der Waals surface area contributed by atoms with Crippen molar-refractivity contribution in [3.05, 3.63) is 88.1 Å². The Bertz CT molecular complexity index is 1380. The number of carboxylic acids is 1. The highest BCUT2D eigenvalue weighted by molar-refractivity contribution is 5.94. The van der Waals surface area contributed by atoms with Crippen molar-refractivity contribution < 1.29 is 29.2 Å². The summed E-state index contributed by atoms with van der Waals surface area (Å²) < 4.78 is 5.61. The van der Waals surface area contributed by atoms with E-state index in [0.29, 0.717) is 47.9 Å². The zero-order chi connectivity index (χ0) is 30.6. The molecule has 0 radical (unpaired) electrons. The van der Waals surface area contributed by atoms with Gasteiger partial charge in [-0.2, -0.15) is 0 Å². The van der Waals surface area contributed by atoms with Gasteiger partial charge in [0.1, 0.15) is 18.0 Å². The first kappa shape index (κ1) is 34.7. The van der Waals surface area contributed by atoms with Crippen molar-refractivity contribution in [2.75, 3.05) is 12.3 Å². The number of rotatable bonds is 10. The van der Waals surface area contributed by atoms with Gasteiger partial charge in [-0.3, -0.25) is 19.7 Å². The quantitative estimate of drug-likeness (QED) is 0.109. The number of pyridine rings is 1. The monoisotopic (exact) mass is 613 g/mol. The summed E-state index contributed by atoms with van der Waals surface area (Å²) in [4.78, 5) is 49.1. The molecule has 1 aliphatic rings. The molecule has 1 fully saturated rings. The molecular formula is C30H36ClN5O7. The van der Waals surface area contributed by atoms with Crippen LogP contribution in [0.3, 0.4) is 0 Å². The lowest BCUT2D eigenvalue weighted by Gasteiger charge is -2.27. The minimum atomic E-state index is -1.11. The van der Waals surface area contributed by atoms with Gasteiger partial charge in [0, 0.05) is 35.7 Å². The van der Waals surface area contributed by atoms with Gasteiger partial charge in [-0.1, -0.05) is 12.1 Å². The minimum Gasteiger partial charge on any atom is -0.480 e. The molecule has 1 unspecified atom stereocenters. The number of amides is 1. The van der Waals surface area contributed by atoms with E-state index in [0.717, 1.165) is 19.0 Å². The average Bonchev–Trinajstić information content (AvgIpc) is 2.98. The number of nitrogens with two attached hydrogens (primary N) is 2. The molecule has 1 aliphatic carbocycles. The number of Topliss-reactive ketones (excluding diaryl/α,β-unsaturated/α-hetero) is 1. The topological polar surface area (TPSA) is 201 Å². The van der Waals surface area contributed by atoms with E-state index in [1.165, 1.54) is 19.1 Å². The molecule has 13 heteroatoms. The van der Waals surface area contributed by atoms with E-state index in [-0.39, 0.29) is 48.0 Å². The van der Waals surface area contributed by atoms with E-state index in [2.05, 4.69) is 10.3 Å². The standard InChI is InChI=1S/C22H26N4O6.C8H9NO.ClH/c23-12-14-4-6-16(7-5-14)21(27)25-19(22(28)29)11-15-2-1-3-18(10-15)32-20-9-8-17(13-24-20)26(30)31;1-6(10)7-2-4-8(9)5-3-7;/h1-3,8-10,13-14,16,19H,4-7,11-12,23H2,(H,25,27)(H,28,29);2-5H,9H2,1H3;1H/t14-,16-,19?;;. The van der Waals surface area contributed by atoms with Gasteiger partial charge < -0.3 is 26.6 Å². The number of hydrogen-bond donors (Lipinski definition) is 4. The first-order valence-electron chi connectivity index (χ1n) is 13.5. The van der Waals surface area contributed by atoms with Gasteiger partial charge in [0.2, 0.25) is 11.8 Å². The number of aromatic nitrogens is 1. The fraction of sp³-hybridized carbons (Fsp3) is 0.333. The van der Waals surface area contributed by atoms with Crippen LogP contribution in [0.2, 0.25) is 0 Å². The molecular weight excluding hydrogens is 578 g/mol. The van der Waals surface area contributed by atoms with E-state index < -0.39 is 16.9 Å². The third-order valence-corrected chi connectivity index (χ3v) is 6.97. The molecule has 1 atom stereocenters. The second-order valence-corrected chi connectivity index (χ2v) is 10.1. The summed E-state index contributed by atoms with van der Waals surface area (Å²) in [5, 5.41) is 23.0. The first-order valence-corrected chi connectivity index (χ1v) is 13.5. The number of nitrogens with zero attached hydrogens (tertiary/aromatic N) is 2. The molecule has 1 aromatic heterocycles. The maximum absolute atomic E-state index is 12.6. The van der Waals surface area contributed by atoms with Crippen molar-refractivity contribution >= 4 is 41.4 Å². The fourth-order valence-corrected chi connectivity index (χ4v) is 4.50. The predicted octanol–water partition coefficient (Wildman–Crippen LogP) is 4.55. The van der Waals surface area contributed by atoms with Crippen LogP contribution in [0.25, 0.3) is 0 Å². The zero-order valence-corrected chi connectivity index (χ0v) is 24.5. The number of ketones is 1. The number of anilines is 1. The van der Waals surface area contributed by atoms with Gasteiger partial charge in [0.05, 0.1) is 4.92 Å². The second-order valence-electron chi connectivity index (χ2n) is 10.1. The van der Waals surface area contributed by atoms with Gasteiger partial charge in [-0.05, 0) is 87.0 Å². The Morgan fingerprint density at radius 1 is 1.09 bits per heavy atom. The Hall–Kier alpha value is -4.55. The number of nitro groups is 1. The second kappa shape index (κ2) is 16.8. The van der Waals surface area contributed by atoms with Crippen LogP contribution in [-0.4, -0.2) is 45.3 Å². The number of carboxylic acid groups (broad SMARTS) is 1. The van der Waals surface area contributed by atoms with Crippen molar-refractivity contribution in [3.8, 4) is 11.6 Å². The maximum atomic E-state index is 12.6. The third kappa shape index (κ3) is 11.0. The molecule has 2 aromatic carbocycles. The highest BCUT2D eigenvalue weighted by atomic mass is 35.5. The van der Waals surface area contributed by atoms with E-state index in [1.54, 1.807) is 48.5 Å². The summed E-state index contributed by atoms with van der Waals surface area (Å²) in [6.45, 7) is 2.14. The molecule has 0 saturated heterocycles. The zero-order valence-electron chi connectivity index (χ0n) is 23.7. The van der Waals surface area contributed by atoms with Crippen LogP contribution in [0.5, 0.6) is 11.6 Å². The van der Waals surface area contributed by atoms with Crippen LogP contribution in [0.15, 0.2) is 66.9 Å².